The number of rotatable bonds is 7. The van der Waals surface area contributed by atoms with Crippen molar-refractivity contribution in [1.82, 2.24) is 19.7 Å². The third-order valence-electron chi connectivity index (χ3n) is 7.57. The van der Waals surface area contributed by atoms with Crippen molar-refractivity contribution in [2.45, 2.75) is 51.5 Å². The number of anilines is 1. The van der Waals surface area contributed by atoms with Gasteiger partial charge in [-0.05, 0) is 44.0 Å². The minimum absolute atomic E-state index is 0.0804. The first-order valence-electron chi connectivity index (χ1n) is 13.5. The first kappa shape index (κ1) is 28.5. The highest BCUT2D eigenvalue weighted by Gasteiger charge is 2.39. The van der Waals surface area contributed by atoms with Crippen LogP contribution in [0, 0.1) is 5.82 Å². The third kappa shape index (κ3) is 6.04. The van der Waals surface area contributed by atoms with Crippen LogP contribution in [0.15, 0.2) is 42.6 Å². The molecule has 0 saturated carbocycles. The van der Waals surface area contributed by atoms with Gasteiger partial charge in [-0.1, -0.05) is 23.7 Å². The second-order valence-electron chi connectivity index (χ2n) is 10.4. The molecule has 12 heteroatoms. The highest BCUT2D eigenvalue weighted by Crippen LogP contribution is 2.28. The van der Waals surface area contributed by atoms with E-state index in [-0.39, 0.29) is 48.5 Å². The number of halogens is 3. The summed E-state index contributed by atoms with van der Waals surface area (Å²) >= 11 is 5.80. The van der Waals surface area contributed by atoms with Crippen molar-refractivity contribution in [3.63, 3.8) is 0 Å². The number of amides is 4. The summed E-state index contributed by atoms with van der Waals surface area (Å²) in [5, 5.41) is 5.93. The Morgan fingerprint density at radius 1 is 1.10 bits per heavy atom. The summed E-state index contributed by atoms with van der Waals surface area (Å²) in [5.41, 5.74) is 1.64. The largest absolute Gasteiger partial charge is 0.350 e. The Hall–Kier alpha value is -3.99. The van der Waals surface area contributed by atoms with Crippen LogP contribution in [0.1, 0.15) is 42.1 Å². The van der Waals surface area contributed by atoms with Crippen LogP contribution >= 0.6 is 11.6 Å². The van der Waals surface area contributed by atoms with E-state index in [1.165, 1.54) is 24.0 Å². The number of carbonyl (C=O) groups excluding carboxylic acids is 4. The van der Waals surface area contributed by atoms with Crippen LogP contribution in [-0.4, -0.2) is 69.8 Å². The maximum absolute atomic E-state index is 14.4. The number of carbonyl (C=O) groups is 4. The van der Waals surface area contributed by atoms with Gasteiger partial charge in [0, 0.05) is 60.0 Å². The fraction of sp³-hybridized carbons (Fsp3) is 0.379. The first-order valence-corrected chi connectivity index (χ1v) is 13.8. The number of benzene rings is 2. The summed E-state index contributed by atoms with van der Waals surface area (Å²) in [6, 6.07) is 8.24. The van der Waals surface area contributed by atoms with Crippen molar-refractivity contribution in [2.75, 3.05) is 25.0 Å². The molecule has 41 heavy (non-hydrogen) atoms. The SMILES string of the molecule is CC(=O)c1cn(CC(=O)N2C[C@H](F)C[C@H]2C(=O)NCc2cccc(Cl)c2F)c2ccc(NC(=O)N3CCCC3)cc12. The molecule has 2 aromatic carbocycles. The molecule has 2 saturated heterocycles. The molecule has 1 aromatic heterocycles. The van der Waals surface area contributed by atoms with E-state index in [0.717, 1.165) is 12.8 Å². The van der Waals surface area contributed by atoms with Crippen LogP contribution in [0.5, 0.6) is 0 Å². The summed E-state index contributed by atoms with van der Waals surface area (Å²) in [6.45, 7) is 2.14. The van der Waals surface area contributed by atoms with Gasteiger partial charge in [0.15, 0.2) is 5.78 Å². The predicted octanol–water partition coefficient (Wildman–Crippen LogP) is 4.52. The van der Waals surface area contributed by atoms with E-state index in [1.54, 1.807) is 39.9 Å². The Labute approximate surface area is 240 Å². The summed E-state index contributed by atoms with van der Waals surface area (Å²) < 4.78 is 30.3. The molecular weight excluding hydrogens is 556 g/mol. The molecule has 2 N–H and O–H groups in total. The zero-order valence-corrected chi connectivity index (χ0v) is 23.2. The molecule has 0 bridgehead atoms. The maximum Gasteiger partial charge on any atom is 0.321 e. The minimum atomic E-state index is -1.39. The number of fused-ring (bicyclic) bond motifs is 1. The third-order valence-corrected chi connectivity index (χ3v) is 7.86. The molecular formula is C29H30ClF2N5O4. The Kier molecular flexibility index (Phi) is 8.25. The number of ketones is 1. The molecule has 2 aliphatic rings. The van der Waals surface area contributed by atoms with Crippen molar-refractivity contribution in [3.05, 3.63) is 64.6 Å². The van der Waals surface area contributed by atoms with Crippen molar-refractivity contribution >= 4 is 51.8 Å². The van der Waals surface area contributed by atoms with Gasteiger partial charge in [-0.3, -0.25) is 14.4 Å². The molecule has 0 aliphatic carbocycles. The first-order chi connectivity index (χ1) is 19.6. The average molecular weight is 586 g/mol. The van der Waals surface area contributed by atoms with E-state index in [1.807, 2.05) is 0 Å². The highest BCUT2D eigenvalue weighted by atomic mass is 35.5. The normalized spacial score (nSPS) is 18.6. The molecule has 0 spiro atoms. The molecule has 0 unspecified atom stereocenters. The van der Waals surface area contributed by atoms with E-state index in [0.29, 0.717) is 35.2 Å². The maximum atomic E-state index is 14.4. The molecule has 9 nitrogen and oxygen atoms in total. The van der Waals surface area contributed by atoms with E-state index in [2.05, 4.69) is 10.6 Å². The number of alkyl halides is 1. The van der Waals surface area contributed by atoms with E-state index in [9.17, 15) is 28.0 Å². The lowest BCUT2D eigenvalue weighted by atomic mass is 10.1. The minimum Gasteiger partial charge on any atom is -0.350 e. The van der Waals surface area contributed by atoms with Crippen molar-refractivity contribution in [2.24, 2.45) is 0 Å². The molecule has 216 valence electrons. The fourth-order valence-corrected chi connectivity index (χ4v) is 5.63. The average Bonchev–Trinajstić information content (AvgIpc) is 3.69. The molecule has 4 amide bonds. The van der Waals surface area contributed by atoms with Gasteiger partial charge in [0.1, 0.15) is 24.6 Å². The molecule has 2 atom stereocenters. The van der Waals surface area contributed by atoms with Crippen LogP contribution in [-0.2, 0) is 22.7 Å². The van der Waals surface area contributed by atoms with Gasteiger partial charge < -0.3 is 25.0 Å². The number of nitrogens with zero attached hydrogens (tertiary/aromatic N) is 3. The predicted molar refractivity (Wildman–Crippen MR) is 150 cm³/mol. The summed E-state index contributed by atoms with van der Waals surface area (Å²) in [7, 11) is 0. The van der Waals surface area contributed by atoms with Crippen molar-refractivity contribution < 1.29 is 28.0 Å². The van der Waals surface area contributed by atoms with Crippen molar-refractivity contribution in [1.29, 1.82) is 0 Å². The van der Waals surface area contributed by atoms with Crippen LogP contribution < -0.4 is 10.6 Å². The molecule has 2 aliphatic heterocycles. The lowest BCUT2D eigenvalue weighted by molar-refractivity contribution is -0.139. The van der Waals surface area contributed by atoms with Gasteiger partial charge in [0.2, 0.25) is 11.8 Å². The molecule has 3 aromatic rings. The topological polar surface area (TPSA) is 104 Å². The Balaban J connectivity index is 1.32. The van der Waals surface area contributed by atoms with Gasteiger partial charge >= 0.3 is 6.03 Å². The number of urea groups is 1. The zero-order chi connectivity index (χ0) is 29.3. The van der Waals surface area contributed by atoms with Crippen LogP contribution in [0.4, 0.5) is 19.3 Å². The number of nitrogens with one attached hydrogen (secondary N) is 2. The summed E-state index contributed by atoms with van der Waals surface area (Å²) in [6.07, 6.45) is 1.90. The second kappa shape index (κ2) is 11.9. The van der Waals surface area contributed by atoms with Gasteiger partial charge in [-0.2, -0.15) is 0 Å². The summed E-state index contributed by atoms with van der Waals surface area (Å²) in [4.78, 5) is 54.2. The van der Waals surface area contributed by atoms with Crippen LogP contribution in [0.3, 0.4) is 0 Å². The number of hydrogen-bond acceptors (Lipinski definition) is 4. The second-order valence-corrected chi connectivity index (χ2v) is 10.8. The van der Waals surface area contributed by atoms with E-state index >= 15 is 0 Å². The van der Waals surface area contributed by atoms with Gasteiger partial charge in [-0.25, -0.2) is 13.6 Å². The van der Waals surface area contributed by atoms with Crippen LogP contribution in [0.2, 0.25) is 5.02 Å². The molecule has 0 radical (unpaired) electrons. The zero-order valence-electron chi connectivity index (χ0n) is 22.5. The van der Waals surface area contributed by atoms with Gasteiger partial charge in [0.05, 0.1) is 11.6 Å². The van der Waals surface area contributed by atoms with Crippen molar-refractivity contribution in [3.8, 4) is 0 Å². The fourth-order valence-electron chi connectivity index (χ4n) is 5.44. The van der Waals surface area contributed by atoms with E-state index in [4.69, 9.17) is 11.6 Å². The molecule has 5 rings (SSSR count). The Morgan fingerprint density at radius 3 is 2.59 bits per heavy atom. The Morgan fingerprint density at radius 2 is 1.85 bits per heavy atom. The number of Topliss-reactive ketones (excluding diaryl/α,β-unsaturated/α-hetero) is 1. The van der Waals surface area contributed by atoms with E-state index < -0.39 is 29.8 Å². The molecule has 2 fully saturated rings. The lowest BCUT2D eigenvalue weighted by Gasteiger charge is -2.24. The standard InChI is InChI=1S/C29H30ClF2N5O4/c1-17(38)22-15-36(24-8-7-20(12-21(22)24)34-29(41)35-9-2-3-10-35)16-26(39)37-14-19(31)11-25(37)28(40)33-13-18-5-4-6-23(30)27(18)32/h4-8,12,15,19,25H,2-3,9-11,13-14,16H2,1H3,(H,33,40)(H,34,41)/t19-,25+/m1/s1. The number of likely N-dealkylation sites (tertiary alicyclic amines) is 2. The van der Waals surface area contributed by atoms with Gasteiger partial charge in [0.25, 0.3) is 0 Å². The Bertz CT molecular complexity index is 1520. The number of hydrogen-bond donors (Lipinski definition) is 2. The number of aromatic nitrogens is 1. The summed E-state index contributed by atoms with van der Waals surface area (Å²) in [5.74, 6) is -1.98. The quantitative estimate of drug-likeness (QED) is 0.398. The monoisotopic (exact) mass is 585 g/mol. The smallest absolute Gasteiger partial charge is 0.321 e. The molecule has 3 heterocycles. The van der Waals surface area contributed by atoms with Crippen LogP contribution in [0.25, 0.3) is 10.9 Å². The highest BCUT2D eigenvalue weighted by molar-refractivity contribution is 6.30. The lowest BCUT2D eigenvalue weighted by Crippen LogP contribution is -2.46. The van der Waals surface area contributed by atoms with Gasteiger partial charge in [-0.15, -0.1) is 0 Å².